The van der Waals surface area contributed by atoms with Crippen molar-refractivity contribution < 1.29 is 0 Å². The molecule has 1 aromatic carbocycles. The second kappa shape index (κ2) is 6.24. The van der Waals surface area contributed by atoms with Crippen molar-refractivity contribution in [3.05, 3.63) is 45.4 Å². The summed E-state index contributed by atoms with van der Waals surface area (Å²) in [5.74, 6) is 0.580. The number of benzene rings is 1. The average Bonchev–Trinajstić information content (AvgIpc) is 2.23. The molecule has 16 heavy (non-hydrogen) atoms. The Morgan fingerprint density at radius 1 is 1.19 bits per heavy atom. The van der Waals surface area contributed by atoms with E-state index in [1.165, 1.54) is 21.2 Å². The maximum Gasteiger partial charge on any atom is 0.0212 e. The highest BCUT2D eigenvalue weighted by molar-refractivity contribution is 9.10. The minimum absolute atomic E-state index is 0.580. The zero-order valence-corrected chi connectivity index (χ0v) is 12.3. The van der Waals surface area contributed by atoms with E-state index in [4.69, 9.17) is 0 Å². The van der Waals surface area contributed by atoms with Crippen LogP contribution in [0.1, 0.15) is 49.3 Å². The van der Waals surface area contributed by atoms with E-state index < -0.39 is 0 Å². The summed E-state index contributed by atoms with van der Waals surface area (Å²) in [4.78, 5) is 0. The first-order valence-corrected chi connectivity index (χ1v) is 6.77. The van der Waals surface area contributed by atoms with Crippen molar-refractivity contribution in [2.75, 3.05) is 0 Å². The second-order valence-corrected chi connectivity index (χ2v) is 5.33. The molecule has 0 aromatic heterocycles. The van der Waals surface area contributed by atoms with Gasteiger partial charge in [-0.05, 0) is 55.4 Å². The van der Waals surface area contributed by atoms with Crippen LogP contribution in [-0.2, 0) is 0 Å². The monoisotopic (exact) mass is 280 g/mol. The predicted octanol–water partition coefficient (Wildman–Crippen LogP) is 5.53. The molecular formula is C15H21Br. The van der Waals surface area contributed by atoms with E-state index in [1.807, 2.05) is 0 Å². The van der Waals surface area contributed by atoms with E-state index in [0.29, 0.717) is 5.92 Å². The van der Waals surface area contributed by atoms with Crippen molar-refractivity contribution in [1.29, 1.82) is 0 Å². The molecule has 0 nitrogen and oxygen atoms in total. The van der Waals surface area contributed by atoms with Crippen LogP contribution in [0.2, 0.25) is 0 Å². The number of allylic oxidation sites excluding steroid dienone is 2. The van der Waals surface area contributed by atoms with Gasteiger partial charge in [-0.2, -0.15) is 0 Å². The van der Waals surface area contributed by atoms with E-state index in [-0.39, 0.29) is 0 Å². The Balaban J connectivity index is 2.86. The summed E-state index contributed by atoms with van der Waals surface area (Å²) in [6.07, 6.45) is 6.77. The van der Waals surface area contributed by atoms with Gasteiger partial charge in [0.1, 0.15) is 0 Å². The van der Waals surface area contributed by atoms with Crippen molar-refractivity contribution in [2.45, 2.75) is 46.5 Å². The second-order valence-electron chi connectivity index (χ2n) is 4.47. The largest absolute Gasteiger partial charge is 0.0888 e. The molecule has 0 aliphatic carbocycles. The topological polar surface area (TPSA) is 0 Å². The highest BCUT2D eigenvalue weighted by atomic mass is 79.9. The lowest BCUT2D eigenvalue weighted by atomic mass is 9.94. The number of aryl methyl sites for hydroxylation is 2. The van der Waals surface area contributed by atoms with Gasteiger partial charge in [0.2, 0.25) is 0 Å². The highest BCUT2D eigenvalue weighted by Crippen LogP contribution is 2.30. The van der Waals surface area contributed by atoms with Crippen LogP contribution in [0, 0.1) is 13.8 Å². The Bertz CT molecular complexity index is 377. The Labute approximate surface area is 108 Å². The van der Waals surface area contributed by atoms with E-state index in [2.05, 4.69) is 67.9 Å². The summed E-state index contributed by atoms with van der Waals surface area (Å²) < 4.78 is 1.24. The summed E-state index contributed by atoms with van der Waals surface area (Å²) in [7, 11) is 0. The average molecular weight is 281 g/mol. The number of halogens is 1. The minimum Gasteiger partial charge on any atom is -0.0888 e. The highest BCUT2D eigenvalue weighted by Gasteiger charge is 2.09. The van der Waals surface area contributed by atoms with Crippen molar-refractivity contribution in [1.82, 2.24) is 0 Å². The molecule has 0 spiro atoms. The van der Waals surface area contributed by atoms with Crippen LogP contribution in [0.5, 0.6) is 0 Å². The lowest BCUT2D eigenvalue weighted by Gasteiger charge is -2.14. The normalized spacial score (nSPS) is 13.3. The van der Waals surface area contributed by atoms with Gasteiger partial charge in [-0.25, -0.2) is 0 Å². The molecule has 0 radical (unpaired) electrons. The summed E-state index contributed by atoms with van der Waals surface area (Å²) in [6, 6.07) is 4.54. The van der Waals surface area contributed by atoms with Crippen LogP contribution in [0.25, 0.3) is 0 Å². The fourth-order valence-electron chi connectivity index (χ4n) is 1.77. The zero-order chi connectivity index (χ0) is 12.1. The van der Waals surface area contributed by atoms with Gasteiger partial charge in [-0.1, -0.05) is 48.0 Å². The maximum absolute atomic E-state index is 3.67. The third-order valence-corrected chi connectivity index (χ3v) is 3.72. The summed E-state index contributed by atoms with van der Waals surface area (Å²) in [5, 5.41) is 0. The Morgan fingerprint density at radius 2 is 1.81 bits per heavy atom. The summed E-state index contributed by atoms with van der Waals surface area (Å²) in [5.41, 5.74) is 4.15. The Hall–Kier alpha value is -0.560. The fraction of sp³-hybridized carbons (Fsp3) is 0.467. The van der Waals surface area contributed by atoms with Gasteiger partial charge in [-0.15, -0.1) is 0 Å². The van der Waals surface area contributed by atoms with Crippen LogP contribution in [0.15, 0.2) is 28.8 Å². The molecule has 1 heteroatoms. The van der Waals surface area contributed by atoms with Gasteiger partial charge in [0.05, 0.1) is 0 Å². The van der Waals surface area contributed by atoms with Crippen molar-refractivity contribution in [2.24, 2.45) is 0 Å². The van der Waals surface area contributed by atoms with Gasteiger partial charge in [-0.3, -0.25) is 0 Å². The lowest BCUT2D eigenvalue weighted by molar-refractivity contribution is 0.772. The quantitative estimate of drug-likeness (QED) is 0.637. The molecule has 0 aliphatic rings. The molecule has 88 valence electrons. The number of rotatable bonds is 4. The molecule has 0 bridgehead atoms. The lowest BCUT2D eigenvalue weighted by Crippen LogP contribution is -1.96. The fourth-order valence-corrected chi connectivity index (χ4v) is 2.62. The van der Waals surface area contributed by atoms with Crippen LogP contribution >= 0.6 is 15.9 Å². The van der Waals surface area contributed by atoms with Gasteiger partial charge in [0.15, 0.2) is 0 Å². The molecule has 1 aromatic rings. The van der Waals surface area contributed by atoms with E-state index in [1.54, 1.807) is 0 Å². The first-order chi connectivity index (χ1) is 7.56. The number of hydrogen-bond acceptors (Lipinski definition) is 0. The Kier molecular flexibility index (Phi) is 5.27. The maximum atomic E-state index is 3.67. The smallest absolute Gasteiger partial charge is 0.0212 e. The predicted molar refractivity (Wildman–Crippen MR) is 76.1 cm³/mol. The molecule has 1 rings (SSSR count). The first-order valence-electron chi connectivity index (χ1n) is 5.97. The molecule has 0 heterocycles. The van der Waals surface area contributed by atoms with Gasteiger partial charge >= 0.3 is 0 Å². The van der Waals surface area contributed by atoms with Gasteiger partial charge < -0.3 is 0 Å². The standard InChI is InChI=1S/C15H21Br/c1-5-6-7-8-11(2)14-9-12(3)13(4)10-15(14)16/h6-7,9-11H,5,8H2,1-4H3/b7-6-. The summed E-state index contributed by atoms with van der Waals surface area (Å²) >= 11 is 3.67. The molecule has 0 N–H and O–H groups in total. The van der Waals surface area contributed by atoms with E-state index in [0.717, 1.165) is 12.8 Å². The molecule has 0 aliphatic heterocycles. The minimum atomic E-state index is 0.580. The van der Waals surface area contributed by atoms with Crippen LogP contribution in [0.3, 0.4) is 0 Å². The molecule has 0 fully saturated rings. The SMILES string of the molecule is CC/C=C\CC(C)c1cc(C)c(C)cc1Br. The van der Waals surface area contributed by atoms with E-state index >= 15 is 0 Å². The molecule has 0 saturated heterocycles. The third kappa shape index (κ3) is 3.48. The zero-order valence-electron chi connectivity index (χ0n) is 10.7. The molecule has 1 unspecified atom stereocenters. The molecule has 0 amide bonds. The Morgan fingerprint density at radius 3 is 2.44 bits per heavy atom. The summed E-state index contributed by atoms with van der Waals surface area (Å²) in [6.45, 7) is 8.80. The van der Waals surface area contributed by atoms with Crippen molar-refractivity contribution in [3.8, 4) is 0 Å². The van der Waals surface area contributed by atoms with Crippen LogP contribution in [0.4, 0.5) is 0 Å². The number of hydrogen-bond donors (Lipinski definition) is 0. The van der Waals surface area contributed by atoms with Crippen LogP contribution < -0.4 is 0 Å². The van der Waals surface area contributed by atoms with Gasteiger partial charge in [0.25, 0.3) is 0 Å². The van der Waals surface area contributed by atoms with Crippen molar-refractivity contribution in [3.63, 3.8) is 0 Å². The molecular weight excluding hydrogens is 260 g/mol. The van der Waals surface area contributed by atoms with Crippen molar-refractivity contribution >= 4 is 15.9 Å². The third-order valence-electron chi connectivity index (χ3n) is 3.04. The first kappa shape index (κ1) is 13.5. The van der Waals surface area contributed by atoms with Gasteiger partial charge in [0, 0.05) is 4.47 Å². The van der Waals surface area contributed by atoms with Crippen LogP contribution in [-0.4, -0.2) is 0 Å². The molecule has 0 saturated carbocycles. The molecule has 1 atom stereocenters. The van der Waals surface area contributed by atoms with E-state index in [9.17, 15) is 0 Å².